The van der Waals surface area contributed by atoms with Gasteiger partial charge in [0.1, 0.15) is 6.61 Å². The van der Waals surface area contributed by atoms with Gasteiger partial charge in [0.05, 0.1) is 6.10 Å². The molecule has 5 heteroatoms. The van der Waals surface area contributed by atoms with Crippen molar-refractivity contribution >= 4 is 5.91 Å². The van der Waals surface area contributed by atoms with Crippen LogP contribution in [0.25, 0.3) is 0 Å². The lowest BCUT2D eigenvalue weighted by Crippen LogP contribution is -2.39. The molecule has 5 nitrogen and oxygen atoms in total. The minimum absolute atomic E-state index is 0.0711. The van der Waals surface area contributed by atoms with E-state index in [2.05, 4.69) is 17.3 Å². The first kappa shape index (κ1) is 26.4. The molecule has 1 heterocycles. The van der Waals surface area contributed by atoms with Crippen LogP contribution in [0.3, 0.4) is 0 Å². The summed E-state index contributed by atoms with van der Waals surface area (Å²) in [5, 5.41) is 10.00. The minimum atomic E-state index is -0.537. The van der Waals surface area contributed by atoms with Gasteiger partial charge < -0.3 is 10.0 Å². The Morgan fingerprint density at radius 2 is 1.38 bits per heavy atom. The summed E-state index contributed by atoms with van der Waals surface area (Å²) in [5.41, 5.74) is 2.48. The van der Waals surface area contributed by atoms with Gasteiger partial charge >= 0.3 is 0 Å². The van der Waals surface area contributed by atoms with Gasteiger partial charge in [-0.2, -0.15) is 0 Å². The van der Waals surface area contributed by atoms with Crippen molar-refractivity contribution in [2.45, 2.75) is 122 Å². The third-order valence-corrected chi connectivity index (χ3v) is 5.89. The van der Waals surface area contributed by atoms with Crippen molar-refractivity contribution in [3.63, 3.8) is 0 Å². The molecule has 29 heavy (non-hydrogen) atoms. The molecule has 1 unspecified atom stereocenters. The lowest BCUT2D eigenvalue weighted by molar-refractivity contribution is -0.136. The Labute approximate surface area is 179 Å². The van der Waals surface area contributed by atoms with E-state index in [0.29, 0.717) is 13.0 Å². The zero-order valence-corrected chi connectivity index (χ0v) is 19.1. The van der Waals surface area contributed by atoms with Crippen molar-refractivity contribution in [2.75, 3.05) is 26.2 Å². The highest BCUT2D eigenvalue weighted by Crippen LogP contribution is 2.13. The standard InChI is InChI=1S/C24H48N2O3/c1-2-3-4-5-6-7-8-9-10-11-12-13-15-18-24(28)25-29-22-23(27)21-26-19-16-14-17-20-26/h23,27H,2-22H2,1H3,(H,25,28). The van der Waals surface area contributed by atoms with Crippen LogP contribution < -0.4 is 5.48 Å². The molecule has 1 aliphatic heterocycles. The van der Waals surface area contributed by atoms with Crippen molar-refractivity contribution < 1.29 is 14.7 Å². The van der Waals surface area contributed by atoms with E-state index < -0.39 is 6.10 Å². The van der Waals surface area contributed by atoms with Gasteiger partial charge in [0.25, 0.3) is 0 Å². The molecule has 0 saturated carbocycles. The lowest BCUT2D eigenvalue weighted by atomic mass is 10.0. The second kappa shape index (κ2) is 19.3. The summed E-state index contributed by atoms with van der Waals surface area (Å²) in [6, 6.07) is 0. The molecule has 0 radical (unpaired) electrons. The molecule has 0 spiro atoms. The van der Waals surface area contributed by atoms with Crippen molar-refractivity contribution in [3.8, 4) is 0 Å². The summed E-state index contributed by atoms with van der Waals surface area (Å²) in [6.07, 6.45) is 20.7. The number of nitrogens with zero attached hydrogens (tertiary/aromatic N) is 1. The van der Waals surface area contributed by atoms with Gasteiger partial charge in [-0.1, -0.05) is 90.4 Å². The number of amides is 1. The van der Waals surface area contributed by atoms with E-state index in [-0.39, 0.29) is 12.5 Å². The zero-order valence-electron chi connectivity index (χ0n) is 19.1. The first-order valence-electron chi connectivity index (χ1n) is 12.5. The van der Waals surface area contributed by atoms with E-state index in [4.69, 9.17) is 4.84 Å². The van der Waals surface area contributed by atoms with Crippen LogP contribution in [0.4, 0.5) is 0 Å². The molecule has 1 saturated heterocycles. The number of unbranched alkanes of at least 4 members (excludes halogenated alkanes) is 12. The van der Waals surface area contributed by atoms with E-state index in [1.807, 2.05) is 0 Å². The number of rotatable bonds is 19. The Balaban J connectivity index is 1.80. The number of aliphatic hydroxyl groups excluding tert-OH is 1. The monoisotopic (exact) mass is 412 g/mol. The van der Waals surface area contributed by atoms with E-state index in [0.717, 1.165) is 25.9 Å². The maximum Gasteiger partial charge on any atom is 0.243 e. The number of hydroxylamine groups is 1. The molecular weight excluding hydrogens is 364 g/mol. The van der Waals surface area contributed by atoms with E-state index >= 15 is 0 Å². The third-order valence-electron chi connectivity index (χ3n) is 5.89. The second-order valence-corrected chi connectivity index (χ2v) is 8.84. The number of β-amino-alcohol motifs (C(OH)–C–C–N with tert-alkyl or cyclic N) is 1. The maximum absolute atomic E-state index is 11.8. The van der Waals surface area contributed by atoms with E-state index in [1.54, 1.807) is 0 Å². The van der Waals surface area contributed by atoms with Gasteiger partial charge in [-0.25, -0.2) is 5.48 Å². The number of piperidine rings is 1. The lowest BCUT2D eigenvalue weighted by Gasteiger charge is -2.28. The molecule has 1 fully saturated rings. The highest BCUT2D eigenvalue weighted by molar-refractivity contribution is 5.74. The topological polar surface area (TPSA) is 61.8 Å². The smallest absolute Gasteiger partial charge is 0.243 e. The molecule has 172 valence electrons. The van der Waals surface area contributed by atoms with Gasteiger partial charge in [-0.3, -0.25) is 9.63 Å². The fourth-order valence-electron chi connectivity index (χ4n) is 4.07. The zero-order chi connectivity index (χ0) is 21.0. The largest absolute Gasteiger partial charge is 0.389 e. The molecule has 0 aliphatic carbocycles. The van der Waals surface area contributed by atoms with Crippen molar-refractivity contribution in [1.82, 2.24) is 10.4 Å². The van der Waals surface area contributed by atoms with Crippen LogP contribution >= 0.6 is 0 Å². The van der Waals surface area contributed by atoms with Crippen LogP contribution in [0.15, 0.2) is 0 Å². The maximum atomic E-state index is 11.8. The Morgan fingerprint density at radius 3 is 1.93 bits per heavy atom. The Morgan fingerprint density at radius 1 is 0.862 bits per heavy atom. The van der Waals surface area contributed by atoms with Crippen LogP contribution in [-0.2, 0) is 9.63 Å². The van der Waals surface area contributed by atoms with Crippen molar-refractivity contribution in [1.29, 1.82) is 0 Å². The fraction of sp³-hybridized carbons (Fsp3) is 0.958. The molecule has 1 rings (SSSR count). The summed E-state index contributed by atoms with van der Waals surface area (Å²) < 4.78 is 0. The van der Waals surface area contributed by atoms with Gasteiger partial charge in [-0.15, -0.1) is 0 Å². The molecule has 1 atom stereocenters. The molecule has 1 amide bonds. The number of hydrogen-bond donors (Lipinski definition) is 2. The molecule has 1 aliphatic rings. The minimum Gasteiger partial charge on any atom is -0.389 e. The highest BCUT2D eigenvalue weighted by atomic mass is 16.7. The van der Waals surface area contributed by atoms with Crippen molar-refractivity contribution in [2.24, 2.45) is 0 Å². The van der Waals surface area contributed by atoms with Crippen LogP contribution in [0.5, 0.6) is 0 Å². The van der Waals surface area contributed by atoms with E-state index in [9.17, 15) is 9.90 Å². The number of aliphatic hydroxyl groups is 1. The van der Waals surface area contributed by atoms with Gasteiger partial charge in [0.15, 0.2) is 0 Å². The predicted molar refractivity (Wildman–Crippen MR) is 121 cm³/mol. The fourth-order valence-corrected chi connectivity index (χ4v) is 4.07. The molecule has 0 aromatic carbocycles. The number of likely N-dealkylation sites (tertiary alicyclic amines) is 1. The van der Waals surface area contributed by atoms with Crippen LogP contribution in [-0.4, -0.2) is 48.3 Å². The summed E-state index contributed by atoms with van der Waals surface area (Å²) in [5.74, 6) is -0.0711. The molecule has 0 aromatic heterocycles. The average molecular weight is 413 g/mol. The molecule has 2 N–H and O–H groups in total. The normalized spacial score (nSPS) is 16.1. The second-order valence-electron chi connectivity index (χ2n) is 8.84. The van der Waals surface area contributed by atoms with Crippen LogP contribution in [0.2, 0.25) is 0 Å². The third kappa shape index (κ3) is 16.8. The van der Waals surface area contributed by atoms with Gasteiger partial charge in [0, 0.05) is 13.0 Å². The predicted octanol–water partition coefficient (Wildman–Crippen LogP) is 5.36. The van der Waals surface area contributed by atoms with Gasteiger partial charge in [0.2, 0.25) is 5.91 Å². The first-order chi connectivity index (χ1) is 14.2. The summed E-state index contributed by atoms with van der Waals surface area (Å²) >= 11 is 0. The Kier molecular flexibility index (Phi) is 17.6. The average Bonchev–Trinajstić information content (AvgIpc) is 2.72. The number of carbonyl (C=O) groups is 1. The summed E-state index contributed by atoms with van der Waals surface area (Å²) in [4.78, 5) is 19.2. The van der Waals surface area contributed by atoms with Crippen LogP contribution in [0, 0.1) is 0 Å². The number of carbonyl (C=O) groups excluding carboxylic acids is 1. The number of nitrogens with one attached hydrogen (secondary N) is 1. The quantitative estimate of drug-likeness (QED) is 0.221. The van der Waals surface area contributed by atoms with Gasteiger partial charge in [-0.05, 0) is 32.4 Å². The van der Waals surface area contributed by atoms with Crippen molar-refractivity contribution in [3.05, 3.63) is 0 Å². The highest BCUT2D eigenvalue weighted by Gasteiger charge is 2.15. The number of hydrogen-bond acceptors (Lipinski definition) is 4. The molecular formula is C24H48N2O3. The SMILES string of the molecule is CCCCCCCCCCCCCCCC(=O)NOCC(O)CN1CCCCC1. The molecule has 0 bridgehead atoms. The summed E-state index contributed by atoms with van der Waals surface area (Å²) in [6.45, 7) is 5.18. The van der Waals surface area contributed by atoms with Crippen LogP contribution in [0.1, 0.15) is 116 Å². The Bertz CT molecular complexity index is 373. The summed E-state index contributed by atoms with van der Waals surface area (Å²) in [7, 11) is 0. The molecule has 0 aromatic rings. The first-order valence-corrected chi connectivity index (χ1v) is 12.5. The Hall–Kier alpha value is -0.650. The van der Waals surface area contributed by atoms with E-state index in [1.165, 1.54) is 89.9 Å².